The maximum Gasteiger partial charge on any atom is 0.148 e. The highest BCUT2D eigenvalue weighted by Gasteiger charge is 2.57. The Labute approximate surface area is 129 Å². The molecule has 0 bridgehead atoms. The maximum atomic E-state index is 4.23. The van der Waals surface area contributed by atoms with E-state index in [0.29, 0.717) is 5.41 Å². The predicted octanol–water partition coefficient (Wildman–Crippen LogP) is 3.51. The zero-order chi connectivity index (χ0) is 14.3. The molecule has 2 aliphatic carbocycles. The van der Waals surface area contributed by atoms with E-state index in [4.69, 9.17) is 0 Å². The molecule has 1 aromatic heterocycles. The number of nitrogens with one attached hydrogen (secondary N) is 1. The maximum absolute atomic E-state index is 4.23. The van der Waals surface area contributed by atoms with Crippen molar-refractivity contribution in [3.8, 4) is 0 Å². The van der Waals surface area contributed by atoms with E-state index >= 15 is 0 Å². The van der Waals surface area contributed by atoms with Crippen molar-refractivity contribution < 1.29 is 0 Å². The van der Waals surface area contributed by atoms with Gasteiger partial charge in [-0.3, -0.25) is 0 Å². The number of thioether (sulfide) groups is 1. The Morgan fingerprint density at radius 2 is 2.14 bits per heavy atom. The number of anilines is 1. The molecule has 1 N–H and O–H groups in total. The summed E-state index contributed by atoms with van der Waals surface area (Å²) in [5.74, 6) is 1.63. The Kier molecular flexibility index (Phi) is 3.14. The minimum atomic E-state index is 0.455. The Hall–Kier alpha value is -1.55. The van der Waals surface area contributed by atoms with E-state index in [-0.39, 0.29) is 0 Å². The first-order chi connectivity index (χ1) is 10.3. The SMILES string of the molecule is CSc1ccc(NC[C@H]2C[C@]23CCc2ccccc23)nn1. The minimum Gasteiger partial charge on any atom is -0.368 e. The van der Waals surface area contributed by atoms with Gasteiger partial charge in [0, 0.05) is 12.0 Å². The van der Waals surface area contributed by atoms with Crippen molar-refractivity contribution in [1.29, 1.82) is 0 Å². The highest BCUT2D eigenvalue weighted by Crippen LogP contribution is 2.61. The third kappa shape index (κ3) is 2.22. The van der Waals surface area contributed by atoms with Crippen molar-refractivity contribution in [2.75, 3.05) is 18.1 Å². The molecule has 4 rings (SSSR count). The van der Waals surface area contributed by atoms with Crippen LogP contribution in [-0.2, 0) is 11.8 Å². The fraction of sp³-hybridized carbons (Fsp3) is 0.412. The Balaban J connectivity index is 1.42. The molecule has 2 aliphatic rings. The normalized spacial score (nSPS) is 25.9. The lowest BCUT2D eigenvalue weighted by atomic mass is 9.95. The summed E-state index contributed by atoms with van der Waals surface area (Å²) in [4.78, 5) is 0. The fourth-order valence-electron chi connectivity index (χ4n) is 3.75. The second-order valence-corrected chi connectivity index (χ2v) is 6.88. The molecule has 3 nitrogen and oxygen atoms in total. The molecule has 2 aromatic rings. The standard InChI is InChI=1S/C17H19N3S/c1-21-16-7-6-15(19-20-16)18-11-13-10-17(13)9-8-12-4-2-3-5-14(12)17/h2-7,13H,8-11H2,1H3,(H,18,19)/t13-,17-/m1/s1. The quantitative estimate of drug-likeness (QED) is 0.876. The molecule has 0 amide bonds. The number of nitrogens with zero attached hydrogens (tertiary/aromatic N) is 2. The summed E-state index contributed by atoms with van der Waals surface area (Å²) in [5.41, 5.74) is 3.61. The Morgan fingerprint density at radius 1 is 1.24 bits per heavy atom. The van der Waals surface area contributed by atoms with Crippen molar-refractivity contribution in [2.24, 2.45) is 5.92 Å². The lowest BCUT2D eigenvalue weighted by Crippen LogP contribution is -2.13. The summed E-state index contributed by atoms with van der Waals surface area (Å²) in [6.07, 6.45) is 5.89. The zero-order valence-electron chi connectivity index (χ0n) is 12.2. The van der Waals surface area contributed by atoms with Gasteiger partial charge in [0.15, 0.2) is 0 Å². The molecule has 1 aromatic carbocycles. The van der Waals surface area contributed by atoms with Crippen LogP contribution in [-0.4, -0.2) is 23.0 Å². The lowest BCUT2D eigenvalue weighted by Gasteiger charge is -2.12. The van der Waals surface area contributed by atoms with Crippen molar-refractivity contribution in [3.63, 3.8) is 0 Å². The first kappa shape index (κ1) is 13.1. The lowest BCUT2D eigenvalue weighted by molar-refractivity contribution is 0.609. The average molecular weight is 297 g/mol. The third-order valence-corrected chi connectivity index (χ3v) is 5.64. The summed E-state index contributed by atoms with van der Waals surface area (Å²) >= 11 is 1.62. The van der Waals surface area contributed by atoms with E-state index in [0.717, 1.165) is 23.3 Å². The molecule has 1 saturated carbocycles. The molecule has 4 heteroatoms. The molecule has 108 valence electrons. The molecular formula is C17H19N3S. The summed E-state index contributed by atoms with van der Waals surface area (Å²) in [7, 11) is 0. The number of aryl methyl sites for hydroxylation is 1. The second-order valence-electron chi connectivity index (χ2n) is 6.06. The van der Waals surface area contributed by atoms with Crippen LogP contribution in [0.4, 0.5) is 5.82 Å². The number of aromatic nitrogens is 2. The molecule has 0 unspecified atom stereocenters. The summed E-state index contributed by atoms with van der Waals surface area (Å²) in [6.45, 7) is 1.00. The molecule has 2 atom stereocenters. The Morgan fingerprint density at radius 3 is 2.95 bits per heavy atom. The van der Waals surface area contributed by atoms with Gasteiger partial charge in [0.1, 0.15) is 10.8 Å². The Bertz CT molecular complexity index is 655. The van der Waals surface area contributed by atoms with Gasteiger partial charge in [0.05, 0.1) is 0 Å². The van der Waals surface area contributed by atoms with E-state index in [1.807, 2.05) is 18.4 Å². The third-order valence-electron chi connectivity index (χ3n) is 5.01. The van der Waals surface area contributed by atoms with Crippen LogP contribution in [0.1, 0.15) is 24.0 Å². The first-order valence-corrected chi connectivity index (χ1v) is 8.74. The second kappa shape index (κ2) is 5.02. The smallest absolute Gasteiger partial charge is 0.148 e. The number of benzene rings is 1. The van der Waals surface area contributed by atoms with Gasteiger partial charge in [-0.05, 0) is 54.7 Å². The molecule has 0 aliphatic heterocycles. The topological polar surface area (TPSA) is 37.8 Å². The van der Waals surface area contributed by atoms with Gasteiger partial charge in [0.2, 0.25) is 0 Å². The number of hydrogen-bond acceptors (Lipinski definition) is 4. The highest BCUT2D eigenvalue weighted by atomic mass is 32.2. The molecule has 0 saturated heterocycles. The molecule has 1 fully saturated rings. The predicted molar refractivity (Wildman–Crippen MR) is 86.9 cm³/mol. The van der Waals surface area contributed by atoms with Crippen LogP contribution in [0.25, 0.3) is 0 Å². The van der Waals surface area contributed by atoms with Crippen LogP contribution in [0.15, 0.2) is 41.4 Å². The average Bonchev–Trinajstić information content (AvgIpc) is 3.13. The summed E-state index contributed by atoms with van der Waals surface area (Å²) in [6, 6.07) is 13.0. The van der Waals surface area contributed by atoms with Crippen LogP contribution < -0.4 is 5.32 Å². The molecule has 1 heterocycles. The van der Waals surface area contributed by atoms with Crippen molar-refractivity contribution in [2.45, 2.75) is 29.7 Å². The molecular weight excluding hydrogens is 278 g/mol. The number of fused-ring (bicyclic) bond motifs is 2. The van der Waals surface area contributed by atoms with Gasteiger partial charge in [0.25, 0.3) is 0 Å². The van der Waals surface area contributed by atoms with Crippen molar-refractivity contribution >= 4 is 17.6 Å². The van der Waals surface area contributed by atoms with Gasteiger partial charge in [-0.2, -0.15) is 0 Å². The van der Waals surface area contributed by atoms with E-state index in [9.17, 15) is 0 Å². The molecule has 1 spiro atoms. The highest BCUT2D eigenvalue weighted by molar-refractivity contribution is 7.98. The fourth-order valence-corrected chi connectivity index (χ4v) is 4.08. The largest absolute Gasteiger partial charge is 0.368 e. The van der Waals surface area contributed by atoms with Crippen LogP contribution >= 0.6 is 11.8 Å². The van der Waals surface area contributed by atoms with Gasteiger partial charge in [-0.25, -0.2) is 0 Å². The van der Waals surface area contributed by atoms with E-state index in [1.54, 1.807) is 22.9 Å². The summed E-state index contributed by atoms with van der Waals surface area (Å²) in [5, 5.41) is 12.8. The van der Waals surface area contributed by atoms with Crippen molar-refractivity contribution in [3.05, 3.63) is 47.5 Å². The van der Waals surface area contributed by atoms with E-state index in [2.05, 4.69) is 39.8 Å². The van der Waals surface area contributed by atoms with Gasteiger partial charge in [-0.1, -0.05) is 24.3 Å². The van der Waals surface area contributed by atoms with Gasteiger partial charge in [-0.15, -0.1) is 22.0 Å². The van der Waals surface area contributed by atoms with Crippen LogP contribution in [0.5, 0.6) is 0 Å². The molecule has 21 heavy (non-hydrogen) atoms. The van der Waals surface area contributed by atoms with Crippen molar-refractivity contribution in [1.82, 2.24) is 10.2 Å². The number of rotatable bonds is 4. The van der Waals surface area contributed by atoms with E-state index in [1.165, 1.54) is 19.3 Å². The minimum absolute atomic E-state index is 0.455. The van der Waals surface area contributed by atoms with Crippen LogP contribution in [0, 0.1) is 5.92 Å². The van der Waals surface area contributed by atoms with E-state index < -0.39 is 0 Å². The van der Waals surface area contributed by atoms with Gasteiger partial charge < -0.3 is 5.32 Å². The van der Waals surface area contributed by atoms with Crippen LogP contribution in [0.2, 0.25) is 0 Å². The first-order valence-electron chi connectivity index (χ1n) is 7.52. The monoisotopic (exact) mass is 297 g/mol. The molecule has 0 radical (unpaired) electrons. The summed E-state index contributed by atoms with van der Waals surface area (Å²) < 4.78 is 0. The zero-order valence-corrected chi connectivity index (χ0v) is 13.0. The number of hydrogen-bond donors (Lipinski definition) is 1. The van der Waals surface area contributed by atoms with Crippen LogP contribution in [0.3, 0.4) is 0 Å². The van der Waals surface area contributed by atoms with Gasteiger partial charge >= 0.3 is 0 Å².